The number of fused-ring (bicyclic) bond motifs is 1. The summed E-state index contributed by atoms with van der Waals surface area (Å²) in [6, 6.07) is 4.71. The number of hydrogen-bond acceptors (Lipinski definition) is 4. The van der Waals surface area contributed by atoms with Crippen molar-refractivity contribution in [2.45, 2.75) is 18.9 Å². The molecule has 3 amide bonds. The van der Waals surface area contributed by atoms with E-state index in [2.05, 4.69) is 5.32 Å². The highest BCUT2D eigenvalue weighted by Gasteiger charge is 2.33. The molecule has 20 heavy (non-hydrogen) atoms. The van der Waals surface area contributed by atoms with Crippen molar-refractivity contribution in [1.82, 2.24) is 4.90 Å². The fourth-order valence-corrected chi connectivity index (χ4v) is 2.45. The smallest absolute Gasteiger partial charge is 0.261 e. The topological polar surface area (TPSA) is 75.7 Å². The zero-order valence-electron chi connectivity index (χ0n) is 11.0. The number of carbonyl (C=O) groups is 3. The Bertz CT molecular complexity index is 605. The van der Waals surface area contributed by atoms with Crippen LogP contribution in [0.25, 0.3) is 0 Å². The maximum Gasteiger partial charge on any atom is 0.261 e. The van der Waals surface area contributed by atoms with E-state index in [1.807, 2.05) is 0 Å². The van der Waals surface area contributed by atoms with Crippen LogP contribution in [0.15, 0.2) is 18.2 Å². The van der Waals surface area contributed by atoms with Gasteiger partial charge in [0.1, 0.15) is 6.10 Å². The summed E-state index contributed by atoms with van der Waals surface area (Å²) in [6.07, 6.45) is 1.15. The van der Waals surface area contributed by atoms with E-state index in [1.54, 1.807) is 12.1 Å². The van der Waals surface area contributed by atoms with Crippen LogP contribution in [0.4, 0.5) is 5.69 Å². The molecule has 0 saturated carbocycles. The number of anilines is 1. The van der Waals surface area contributed by atoms with Gasteiger partial charge in [-0.1, -0.05) is 0 Å². The van der Waals surface area contributed by atoms with Gasteiger partial charge in [0.2, 0.25) is 0 Å². The molecule has 104 valence electrons. The normalized spacial score (nSPS) is 21.2. The highest BCUT2D eigenvalue weighted by Crippen LogP contribution is 2.25. The number of carbonyl (C=O) groups excluding carboxylic acids is 3. The zero-order chi connectivity index (χ0) is 14.3. The van der Waals surface area contributed by atoms with Crippen molar-refractivity contribution in [2.24, 2.45) is 0 Å². The van der Waals surface area contributed by atoms with Crippen LogP contribution < -0.4 is 5.32 Å². The second-order valence-electron chi connectivity index (χ2n) is 4.92. The Kier molecular flexibility index (Phi) is 3.02. The van der Waals surface area contributed by atoms with Crippen molar-refractivity contribution in [1.29, 1.82) is 0 Å². The number of hydrogen-bond donors (Lipinski definition) is 1. The number of nitrogens with one attached hydrogen (secondary N) is 1. The molecule has 1 saturated heterocycles. The van der Waals surface area contributed by atoms with Crippen molar-refractivity contribution in [3.63, 3.8) is 0 Å². The number of benzene rings is 1. The Labute approximate surface area is 115 Å². The first-order valence-corrected chi connectivity index (χ1v) is 6.47. The Morgan fingerprint density at radius 2 is 2.05 bits per heavy atom. The van der Waals surface area contributed by atoms with Crippen LogP contribution in [0.3, 0.4) is 0 Å². The molecule has 1 unspecified atom stereocenters. The van der Waals surface area contributed by atoms with E-state index in [4.69, 9.17) is 4.74 Å². The molecule has 6 heteroatoms. The van der Waals surface area contributed by atoms with Gasteiger partial charge < -0.3 is 10.1 Å². The number of imide groups is 1. The van der Waals surface area contributed by atoms with Gasteiger partial charge in [-0.25, -0.2) is 0 Å². The molecule has 0 radical (unpaired) electrons. The van der Waals surface area contributed by atoms with Crippen LogP contribution in [0, 0.1) is 0 Å². The summed E-state index contributed by atoms with van der Waals surface area (Å²) in [7, 11) is 1.44. The minimum absolute atomic E-state index is 0.215. The summed E-state index contributed by atoms with van der Waals surface area (Å²) in [5, 5.41) is 2.72. The highest BCUT2D eigenvalue weighted by molar-refractivity contribution is 6.21. The standard InChI is InChI=1S/C14H14N2O4/c1-16-13(18)9-5-4-8(7-10(9)14(16)19)15-12(17)11-3-2-6-20-11/h4-5,7,11H,2-3,6H2,1H3,(H,15,17). The molecule has 1 N–H and O–H groups in total. The summed E-state index contributed by atoms with van der Waals surface area (Å²) in [5.41, 5.74) is 1.19. The third-order valence-corrected chi connectivity index (χ3v) is 3.58. The molecular formula is C14H14N2O4. The molecule has 2 heterocycles. The average molecular weight is 274 g/mol. The van der Waals surface area contributed by atoms with Gasteiger partial charge >= 0.3 is 0 Å². The molecule has 1 atom stereocenters. The second-order valence-corrected chi connectivity index (χ2v) is 4.92. The summed E-state index contributed by atoms with van der Waals surface area (Å²) >= 11 is 0. The molecule has 0 spiro atoms. The van der Waals surface area contributed by atoms with Gasteiger partial charge in [0.25, 0.3) is 17.7 Å². The fraction of sp³-hybridized carbons (Fsp3) is 0.357. The maximum atomic E-state index is 11.9. The van der Waals surface area contributed by atoms with Crippen molar-refractivity contribution >= 4 is 23.4 Å². The van der Waals surface area contributed by atoms with Gasteiger partial charge in [-0.05, 0) is 31.0 Å². The summed E-state index contributed by atoms with van der Waals surface area (Å²) in [6.45, 7) is 0.597. The average Bonchev–Trinajstić information content (AvgIpc) is 3.04. The Morgan fingerprint density at radius 3 is 2.75 bits per heavy atom. The molecule has 6 nitrogen and oxygen atoms in total. The van der Waals surface area contributed by atoms with Gasteiger partial charge in [-0.2, -0.15) is 0 Å². The predicted molar refractivity (Wildman–Crippen MR) is 70.5 cm³/mol. The van der Waals surface area contributed by atoms with E-state index in [-0.39, 0.29) is 17.7 Å². The first-order valence-electron chi connectivity index (χ1n) is 6.47. The Balaban J connectivity index is 1.81. The highest BCUT2D eigenvalue weighted by atomic mass is 16.5. The van der Waals surface area contributed by atoms with E-state index in [0.29, 0.717) is 29.8 Å². The largest absolute Gasteiger partial charge is 0.368 e. The first-order chi connectivity index (χ1) is 9.58. The van der Waals surface area contributed by atoms with Gasteiger partial charge in [-0.3, -0.25) is 19.3 Å². The number of rotatable bonds is 2. The fourth-order valence-electron chi connectivity index (χ4n) is 2.45. The van der Waals surface area contributed by atoms with E-state index in [9.17, 15) is 14.4 Å². The van der Waals surface area contributed by atoms with Crippen LogP contribution in [0.5, 0.6) is 0 Å². The lowest BCUT2D eigenvalue weighted by Crippen LogP contribution is -2.27. The van der Waals surface area contributed by atoms with Crippen molar-refractivity contribution in [2.75, 3.05) is 19.0 Å². The van der Waals surface area contributed by atoms with Crippen LogP contribution in [-0.4, -0.2) is 42.4 Å². The van der Waals surface area contributed by atoms with E-state index in [0.717, 1.165) is 11.3 Å². The third kappa shape index (κ3) is 1.98. The molecule has 0 bridgehead atoms. The van der Waals surface area contributed by atoms with Gasteiger partial charge in [0.15, 0.2) is 0 Å². The lowest BCUT2D eigenvalue weighted by atomic mass is 10.1. The van der Waals surface area contributed by atoms with Gasteiger partial charge in [-0.15, -0.1) is 0 Å². The van der Waals surface area contributed by atoms with Crippen LogP contribution >= 0.6 is 0 Å². The maximum absolute atomic E-state index is 11.9. The molecule has 2 aliphatic rings. The van der Waals surface area contributed by atoms with Crippen LogP contribution in [0.2, 0.25) is 0 Å². The molecule has 3 rings (SSSR count). The minimum Gasteiger partial charge on any atom is -0.368 e. The summed E-state index contributed by atoms with van der Waals surface area (Å²) in [5.74, 6) is -0.882. The lowest BCUT2D eigenvalue weighted by Gasteiger charge is -2.10. The van der Waals surface area contributed by atoms with E-state index in [1.165, 1.54) is 13.1 Å². The van der Waals surface area contributed by atoms with E-state index < -0.39 is 6.10 Å². The Morgan fingerprint density at radius 1 is 1.30 bits per heavy atom. The molecule has 1 aromatic carbocycles. The van der Waals surface area contributed by atoms with Crippen molar-refractivity contribution in [3.8, 4) is 0 Å². The SMILES string of the molecule is CN1C(=O)c2ccc(NC(=O)C3CCCO3)cc2C1=O. The van der Waals surface area contributed by atoms with Gasteiger partial charge in [0, 0.05) is 19.3 Å². The molecule has 2 aliphatic heterocycles. The predicted octanol–water partition coefficient (Wildman–Crippen LogP) is 1.03. The number of ether oxygens (including phenoxy) is 1. The zero-order valence-corrected chi connectivity index (χ0v) is 11.0. The van der Waals surface area contributed by atoms with E-state index >= 15 is 0 Å². The number of nitrogens with zero attached hydrogens (tertiary/aromatic N) is 1. The number of amides is 3. The lowest BCUT2D eigenvalue weighted by molar-refractivity contribution is -0.124. The monoisotopic (exact) mass is 274 g/mol. The molecule has 1 fully saturated rings. The van der Waals surface area contributed by atoms with Gasteiger partial charge in [0.05, 0.1) is 11.1 Å². The van der Waals surface area contributed by atoms with Crippen LogP contribution in [-0.2, 0) is 9.53 Å². The first kappa shape index (κ1) is 12.8. The van der Waals surface area contributed by atoms with Crippen molar-refractivity contribution in [3.05, 3.63) is 29.3 Å². The minimum atomic E-state index is -0.428. The molecule has 1 aromatic rings. The van der Waals surface area contributed by atoms with Crippen molar-refractivity contribution < 1.29 is 19.1 Å². The molecule has 0 aromatic heterocycles. The summed E-state index contributed by atoms with van der Waals surface area (Å²) in [4.78, 5) is 36.6. The third-order valence-electron chi connectivity index (χ3n) is 3.58. The second kappa shape index (κ2) is 4.72. The quantitative estimate of drug-likeness (QED) is 0.817. The molecular weight excluding hydrogens is 260 g/mol. The summed E-state index contributed by atoms with van der Waals surface area (Å²) < 4.78 is 5.29. The van der Waals surface area contributed by atoms with Crippen LogP contribution in [0.1, 0.15) is 33.6 Å². The Hall–Kier alpha value is -2.21. The molecule has 0 aliphatic carbocycles.